The molecule has 11 heavy (non-hydrogen) atoms. The first-order chi connectivity index (χ1) is 5.01. The lowest BCUT2D eigenvalue weighted by atomic mass is 10.0. The summed E-state index contributed by atoms with van der Waals surface area (Å²) in [6.45, 7) is 1.85. The minimum atomic E-state index is -1.55. The predicted molar refractivity (Wildman–Crippen MR) is 40.6 cm³/mol. The third-order valence-corrected chi connectivity index (χ3v) is 2.16. The minimum Gasteiger partial charge on any atom is -0.369 e. The Morgan fingerprint density at radius 2 is 2.45 bits per heavy atom. The number of aliphatic hydroxyl groups is 1. The third kappa shape index (κ3) is 0.997. The molecule has 1 saturated heterocycles. The van der Waals surface area contributed by atoms with Crippen LogP contribution in [0.5, 0.6) is 0 Å². The van der Waals surface area contributed by atoms with Crippen molar-refractivity contribution in [3.05, 3.63) is 0 Å². The number of likely N-dealkylation sites (tertiary alicyclic amines) is 1. The zero-order valence-corrected chi connectivity index (χ0v) is 6.66. The Balaban J connectivity index is 2.93. The van der Waals surface area contributed by atoms with E-state index in [-0.39, 0.29) is 11.9 Å². The number of carbonyl (C=O) groups excluding carboxylic acids is 1. The molecular formula is C8H11NO2. The van der Waals surface area contributed by atoms with Gasteiger partial charge in [0.15, 0.2) is 0 Å². The Bertz CT molecular complexity index is 231. The Kier molecular flexibility index (Phi) is 1.65. The van der Waals surface area contributed by atoms with Crippen LogP contribution in [0, 0.1) is 12.3 Å². The van der Waals surface area contributed by atoms with E-state index in [0.29, 0.717) is 6.42 Å². The van der Waals surface area contributed by atoms with Crippen molar-refractivity contribution in [1.82, 2.24) is 4.90 Å². The largest absolute Gasteiger partial charge is 0.369 e. The summed E-state index contributed by atoms with van der Waals surface area (Å²) in [5, 5.41) is 9.48. The molecule has 1 rings (SSSR count). The van der Waals surface area contributed by atoms with Gasteiger partial charge in [-0.15, -0.1) is 6.42 Å². The second kappa shape index (κ2) is 2.24. The maximum Gasteiger partial charge on any atom is 0.267 e. The van der Waals surface area contributed by atoms with Gasteiger partial charge in [0.05, 0.1) is 0 Å². The smallest absolute Gasteiger partial charge is 0.267 e. The molecule has 0 saturated carbocycles. The lowest BCUT2D eigenvalue weighted by molar-refractivity contribution is -0.138. The highest BCUT2D eigenvalue weighted by molar-refractivity contribution is 5.90. The van der Waals surface area contributed by atoms with Crippen molar-refractivity contribution in [2.24, 2.45) is 0 Å². The zero-order valence-electron chi connectivity index (χ0n) is 6.66. The topological polar surface area (TPSA) is 40.5 Å². The number of hydrogen-bond donors (Lipinski definition) is 1. The van der Waals surface area contributed by atoms with Crippen molar-refractivity contribution in [2.45, 2.75) is 25.0 Å². The molecule has 3 heteroatoms. The molecule has 1 heterocycles. The van der Waals surface area contributed by atoms with Crippen LogP contribution >= 0.6 is 0 Å². The van der Waals surface area contributed by atoms with Gasteiger partial charge in [0.2, 0.25) is 5.60 Å². The van der Waals surface area contributed by atoms with Gasteiger partial charge in [-0.1, -0.05) is 5.92 Å². The van der Waals surface area contributed by atoms with Crippen LogP contribution in [0.1, 0.15) is 13.3 Å². The summed E-state index contributed by atoms with van der Waals surface area (Å²) in [7, 11) is 1.64. The molecule has 0 bridgehead atoms. The van der Waals surface area contributed by atoms with Crippen molar-refractivity contribution < 1.29 is 9.90 Å². The normalized spacial score (nSPS) is 37.5. The fourth-order valence-electron chi connectivity index (χ4n) is 1.26. The number of carbonyl (C=O) groups is 1. The molecule has 1 fully saturated rings. The fourth-order valence-corrected chi connectivity index (χ4v) is 1.26. The van der Waals surface area contributed by atoms with Crippen LogP contribution in [-0.4, -0.2) is 34.6 Å². The summed E-state index contributed by atoms with van der Waals surface area (Å²) >= 11 is 0. The molecule has 0 spiro atoms. The first-order valence-corrected chi connectivity index (χ1v) is 3.48. The van der Waals surface area contributed by atoms with Crippen LogP contribution in [0.4, 0.5) is 0 Å². The summed E-state index contributed by atoms with van der Waals surface area (Å²) < 4.78 is 0. The van der Waals surface area contributed by atoms with Gasteiger partial charge in [0.25, 0.3) is 5.91 Å². The van der Waals surface area contributed by atoms with Gasteiger partial charge in [-0.25, -0.2) is 0 Å². The van der Waals surface area contributed by atoms with E-state index in [1.165, 1.54) is 4.90 Å². The minimum absolute atomic E-state index is 0.0311. The first kappa shape index (κ1) is 8.09. The number of rotatable bonds is 0. The average Bonchev–Trinajstić information content (AvgIpc) is 2.17. The van der Waals surface area contributed by atoms with E-state index >= 15 is 0 Å². The summed E-state index contributed by atoms with van der Waals surface area (Å²) in [6, 6.07) is 0.0311. The molecule has 1 unspecified atom stereocenters. The van der Waals surface area contributed by atoms with Crippen molar-refractivity contribution in [3.63, 3.8) is 0 Å². The first-order valence-electron chi connectivity index (χ1n) is 3.48. The predicted octanol–water partition coefficient (Wildman–Crippen LogP) is -0.399. The molecule has 0 aliphatic carbocycles. The molecule has 0 radical (unpaired) electrons. The average molecular weight is 153 g/mol. The van der Waals surface area contributed by atoms with Crippen molar-refractivity contribution in [1.29, 1.82) is 0 Å². The summed E-state index contributed by atoms with van der Waals surface area (Å²) in [5.41, 5.74) is -1.55. The van der Waals surface area contributed by atoms with Gasteiger partial charge in [0.1, 0.15) is 0 Å². The molecule has 1 aliphatic rings. The van der Waals surface area contributed by atoms with Gasteiger partial charge in [-0.2, -0.15) is 0 Å². The van der Waals surface area contributed by atoms with Gasteiger partial charge in [-0.05, 0) is 6.92 Å². The van der Waals surface area contributed by atoms with Crippen LogP contribution in [0.15, 0.2) is 0 Å². The van der Waals surface area contributed by atoms with Crippen LogP contribution in [-0.2, 0) is 4.79 Å². The van der Waals surface area contributed by atoms with Crippen LogP contribution in [0.2, 0.25) is 0 Å². The van der Waals surface area contributed by atoms with Gasteiger partial charge >= 0.3 is 0 Å². The maximum absolute atomic E-state index is 11.2. The van der Waals surface area contributed by atoms with E-state index in [9.17, 15) is 9.90 Å². The van der Waals surface area contributed by atoms with E-state index < -0.39 is 5.60 Å². The van der Waals surface area contributed by atoms with E-state index in [0.717, 1.165) is 0 Å². The molecule has 1 N–H and O–H groups in total. The van der Waals surface area contributed by atoms with Crippen molar-refractivity contribution in [2.75, 3.05) is 7.05 Å². The number of hydrogen-bond acceptors (Lipinski definition) is 2. The SMILES string of the molecule is C#CC1(O)C[C@@H](C)N(C)C1=O. The molecule has 0 aromatic heterocycles. The lowest BCUT2D eigenvalue weighted by Gasteiger charge is -2.14. The molecule has 0 aromatic carbocycles. The second-order valence-electron chi connectivity index (χ2n) is 2.97. The molecule has 1 aliphatic heterocycles. The second-order valence-corrected chi connectivity index (χ2v) is 2.97. The van der Waals surface area contributed by atoms with Gasteiger partial charge < -0.3 is 10.0 Å². The summed E-state index contributed by atoms with van der Waals surface area (Å²) in [5.74, 6) is 1.75. The highest BCUT2D eigenvalue weighted by Gasteiger charge is 2.46. The highest BCUT2D eigenvalue weighted by Crippen LogP contribution is 2.25. The summed E-state index contributed by atoms with van der Waals surface area (Å²) in [4.78, 5) is 12.7. The van der Waals surface area contributed by atoms with Crippen LogP contribution < -0.4 is 0 Å². The standard InChI is InChI=1S/C8H11NO2/c1-4-8(11)5-6(2)9(3)7(8)10/h1,6,11H,5H2,2-3H3/t6-,8?/m1/s1. The van der Waals surface area contributed by atoms with E-state index in [1.807, 2.05) is 6.92 Å². The third-order valence-electron chi connectivity index (χ3n) is 2.16. The fraction of sp³-hybridized carbons (Fsp3) is 0.625. The highest BCUT2D eigenvalue weighted by atomic mass is 16.3. The molecule has 0 aromatic rings. The number of terminal acetylenes is 1. The molecule has 60 valence electrons. The lowest BCUT2D eigenvalue weighted by Crippen LogP contribution is -2.37. The molecule has 3 nitrogen and oxygen atoms in total. The van der Waals surface area contributed by atoms with E-state index in [1.54, 1.807) is 7.05 Å². The van der Waals surface area contributed by atoms with Crippen LogP contribution in [0.3, 0.4) is 0 Å². The van der Waals surface area contributed by atoms with E-state index in [4.69, 9.17) is 6.42 Å². The Morgan fingerprint density at radius 3 is 2.64 bits per heavy atom. The van der Waals surface area contributed by atoms with Crippen molar-refractivity contribution in [3.8, 4) is 12.3 Å². The monoisotopic (exact) mass is 153 g/mol. The van der Waals surface area contributed by atoms with Crippen LogP contribution in [0.25, 0.3) is 0 Å². The molecule has 2 atom stereocenters. The number of likely N-dealkylation sites (N-methyl/N-ethyl adjacent to an activating group) is 1. The molecular weight excluding hydrogens is 142 g/mol. The van der Waals surface area contributed by atoms with Crippen molar-refractivity contribution >= 4 is 5.91 Å². The maximum atomic E-state index is 11.2. The van der Waals surface area contributed by atoms with Gasteiger partial charge in [-0.3, -0.25) is 4.79 Å². The Labute approximate surface area is 66.0 Å². The van der Waals surface area contributed by atoms with E-state index in [2.05, 4.69) is 5.92 Å². The Morgan fingerprint density at radius 1 is 1.91 bits per heavy atom. The quantitative estimate of drug-likeness (QED) is 0.481. The zero-order chi connectivity index (χ0) is 8.65. The summed E-state index contributed by atoms with van der Waals surface area (Å²) in [6.07, 6.45) is 5.37. The van der Waals surface area contributed by atoms with Gasteiger partial charge in [0, 0.05) is 19.5 Å². The molecule has 1 amide bonds. The number of nitrogens with zero attached hydrogens (tertiary/aromatic N) is 1. The Hall–Kier alpha value is -1.01. The number of amides is 1.